The molecule has 0 fully saturated rings. The Morgan fingerprint density at radius 1 is 1.12 bits per heavy atom. The number of halogens is 3. The topological polar surface area (TPSA) is 71.1 Å². The van der Waals surface area contributed by atoms with Gasteiger partial charge in [-0.15, -0.1) is 0 Å². The van der Waals surface area contributed by atoms with Crippen LogP contribution in [0.4, 0.5) is 18.9 Å². The molecule has 1 aromatic heterocycles. The van der Waals surface area contributed by atoms with E-state index < -0.39 is 23.6 Å². The Balaban J connectivity index is 1.80. The van der Waals surface area contributed by atoms with Gasteiger partial charge in [0, 0.05) is 35.2 Å². The third-order valence-corrected chi connectivity index (χ3v) is 5.95. The number of aromatic nitrogens is 1. The highest BCUT2D eigenvalue weighted by atomic mass is 19.4. The zero-order chi connectivity index (χ0) is 24.0. The number of nitrogens with zero attached hydrogens (tertiary/aromatic N) is 1. The van der Waals surface area contributed by atoms with Crippen molar-refractivity contribution in [3.63, 3.8) is 0 Å². The smallest absolute Gasteiger partial charge is 0.362 e. The van der Waals surface area contributed by atoms with Crippen LogP contribution in [0.25, 0.3) is 0 Å². The molecule has 0 radical (unpaired) electrons. The van der Waals surface area contributed by atoms with Crippen molar-refractivity contribution in [1.82, 2.24) is 10.3 Å². The van der Waals surface area contributed by atoms with Crippen molar-refractivity contribution < 1.29 is 22.8 Å². The number of ketones is 1. The van der Waals surface area contributed by atoms with E-state index in [1.165, 1.54) is 18.2 Å². The number of para-hydroxylation sites is 1. The van der Waals surface area contributed by atoms with E-state index in [2.05, 4.69) is 15.6 Å². The van der Waals surface area contributed by atoms with Crippen LogP contribution in [0.5, 0.6) is 0 Å². The van der Waals surface area contributed by atoms with Gasteiger partial charge >= 0.3 is 6.18 Å². The van der Waals surface area contributed by atoms with Crippen molar-refractivity contribution >= 4 is 17.4 Å². The van der Waals surface area contributed by atoms with Crippen LogP contribution < -0.4 is 10.6 Å². The molecule has 0 unspecified atom stereocenters. The summed E-state index contributed by atoms with van der Waals surface area (Å²) in [7, 11) is 0. The number of benzene rings is 1. The van der Waals surface area contributed by atoms with E-state index in [1.54, 1.807) is 31.3 Å². The quantitative estimate of drug-likeness (QED) is 0.655. The molecule has 8 heteroatoms. The zero-order valence-electron chi connectivity index (χ0n) is 18.5. The minimum Gasteiger partial charge on any atom is -0.362 e. The average Bonchev–Trinajstić information content (AvgIpc) is 2.72. The second-order valence-electron chi connectivity index (χ2n) is 9.18. The molecule has 33 heavy (non-hydrogen) atoms. The fraction of sp³-hybridized carbons (Fsp3) is 0.320. The fourth-order valence-corrected chi connectivity index (χ4v) is 4.61. The van der Waals surface area contributed by atoms with Gasteiger partial charge in [0.05, 0.1) is 22.9 Å². The van der Waals surface area contributed by atoms with Crippen LogP contribution in [0.1, 0.15) is 50.8 Å². The average molecular weight is 455 g/mol. The molecule has 4 rings (SSSR count). The third kappa shape index (κ3) is 4.42. The summed E-state index contributed by atoms with van der Waals surface area (Å²) >= 11 is 0. The first kappa shape index (κ1) is 22.8. The largest absolute Gasteiger partial charge is 0.418 e. The van der Waals surface area contributed by atoms with E-state index in [1.807, 2.05) is 13.8 Å². The van der Waals surface area contributed by atoms with Gasteiger partial charge in [-0.2, -0.15) is 13.2 Å². The lowest BCUT2D eigenvalue weighted by molar-refractivity contribution is -0.137. The molecule has 0 spiro atoms. The van der Waals surface area contributed by atoms with Gasteiger partial charge in [-0.3, -0.25) is 14.6 Å². The van der Waals surface area contributed by atoms with Crippen LogP contribution in [0.15, 0.2) is 71.2 Å². The molecule has 0 bridgehead atoms. The maximum absolute atomic E-state index is 13.5. The summed E-state index contributed by atoms with van der Waals surface area (Å²) in [6, 6.07) is 10.0. The molecule has 2 N–H and O–H groups in total. The molecule has 2 aromatic rings. The lowest BCUT2D eigenvalue weighted by Gasteiger charge is -2.39. The summed E-state index contributed by atoms with van der Waals surface area (Å²) in [5, 5.41) is 5.62. The first-order valence-corrected chi connectivity index (χ1v) is 10.6. The Hall–Kier alpha value is -3.42. The van der Waals surface area contributed by atoms with E-state index in [0.29, 0.717) is 29.8 Å². The monoisotopic (exact) mass is 455 g/mol. The summed E-state index contributed by atoms with van der Waals surface area (Å²) in [6.45, 7) is 5.69. The molecular formula is C25H24F3N3O2. The summed E-state index contributed by atoms with van der Waals surface area (Å²) in [5.74, 6) is -1.58. The number of Topliss-reactive ketones (excluding diaryl/α,β-unsaturated/α-hetero) is 1. The number of dihydropyridines is 1. The summed E-state index contributed by atoms with van der Waals surface area (Å²) in [6.07, 6.45) is -2.14. The molecule has 1 aliphatic heterocycles. The van der Waals surface area contributed by atoms with Crippen molar-refractivity contribution in [2.75, 3.05) is 5.32 Å². The Labute approximate surface area is 189 Å². The van der Waals surface area contributed by atoms with Gasteiger partial charge in [0.2, 0.25) is 0 Å². The molecule has 2 aliphatic rings. The third-order valence-electron chi connectivity index (χ3n) is 5.95. The molecule has 0 saturated heterocycles. The highest BCUT2D eigenvalue weighted by Gasteiger charge is 2.43. The van der Waals surface area contributed by atoms with Gasteiger partial charge < -0.3 is 10.6 Å². The number of hydrogen-bond donors (Lipinski definition) is 2. The normalized spacial score (nSPS) is 20.3. The number of alkyl halides is 3. The number of carbonyl (C=O) groups is 2. The molecule has 5 nitrogen and oxygen atoms in total. The van der Waals surface area contributed by atoms with Crippen molar-refractivity contribution in [1.29, 1.82) is 0 Å². The second kappa shape index (κ2) is 8.17. The zero-order valence-corrected chi connectivity index (χ0v) is 18.5. The Bertz CT molecular complexity index is 1180. The fourth-order valence-electron chi connectivity index (χ4n) is 4.61. The maximum atomic E-state index is 13.5. The van der Waals surface area contributed by atoms with Crippen molar-refractivity contribution in [3.05, 3.63) is 82.5 Å². The van der Waals surface area contributed by atoms with E-state index in [4.69, 9.17) is 0 Å². The summed E-state index contributed by atoms with van der Waals surface area (Å²) in [4.78, 5) is 31.0. The Kier molecular flexibility index (Phi) is 5.64. The van der Waals surface area contributed by atoms with Gasteiger partial charge in [-0.1, -0.05) is 32.0 Å². The molecular weight excluding hydrogens is 431 g/mol. The number of carbonyl (C=O) groups excluding carboxylic acids is 2. The number of nitrogens with one attached hydrogen (secondary N) is 2. The molecule has 172 valence electrons. The summed E-state index contributed by atoms with van der Waals surface area (Å²) in [5.41, 5.74) is 0.812. The van der Waals surface area contributed by atoms with Crippen LogP contribution in [0.3, 0.4) is 0 Å². The second-order valence-corrected chi connectivity index (χ2v) is 9.18. The van der Waals surface area contributed by atoms with Crippen LogP contribution in [0, 0.1) is 5.41 Å². The van der Waals surface area contributed by atoms with Crippen molar-refractivity contribution in [2.45, 2.75) is 45.7 Å². The maximum Gasteiger partial charge on any atom is 0.418 e. The number of pyridine rings is 1. The Morgan fingerprint density at radius 2 is 1.82 bits per heavy atom. The van der Waals surface area contributed by atoms with E-state index in [-0.39, 0.29) is 22.5 Å². The molecule has 0 saturated carbocycles. The lowest BCUT2D eigenvalue weighted by atomic mass is 9.69. The van der Waals surface area contributed by atoms with Crippen LogP contribution in [-0.4, -0.2) is 16.7 Å². The number of allylic oxidation sites excluding steroid dienone is 3. The SMILES string of the molecule is CC1=C(C(=O)Nc2ccccc2C(F)(F)F)[C@@H](c2ccccn2)C2=C(CC(C)(C)CC2=O)N1. The van der Waals surface area contributed by atoms with Gasteiger partial charge in [0.1, 0.15) is 0 Å². The standard InChI is InChI=1S/C25H24F3N3O2/c1-14-20(23(33)31-16-9-5-4-8-15(16)25(26,27)28)22(17-10-6-7-11-29-17)21-18(30-14)12-24(2,3)13-19(21)32/h4-11,22,30H,12-13H2,1-3H3,(H,31,33)/t22-/m1/s1. The molecule has 1 aromatic carbocycles. The Morgan fingerprint density at radius 3 is 2.48 bits per heavy atom. The molecule has 1 aliphatic carbocycles. The van der Waals surface area contributed by atoms with Crippen molar-refractivity contribution in [2.24, 2.45) is 5.41 Å². The van der Waals surface area contributed by atoms with Gasteiger partial charge in [-0.05, 0) is 43.0 Å². The summed E-state index contributed by atoms with van der Waals surface area (Å²) < 4.78 is 40.4. The molecule has 1 amide bonds. The minimum atomic E-state index is -4.63. The first-order chi connectivity index (χ1) is 15.5. The molecule has 1 atom stereocenters. The number of rotatable bonds is 3. The first-order valence-electron chi connectivity index (χ1n) is 10.6. The number of hydrogen-bond acceptors (Lipinski definition) is 4. The van der Waals surface area contributed by atoms with E-state index >= 15 is 0 Å². The highest BCUT2D eigenvalue weighted by molar-refractivity contribution is 6.10. The number of anilines is 1. The minimum absolute atomic E-state index is 0.0992. The predicted octanol–water partition coefficient (Wildman–Crippen LogP) is 5.34. The van der Waals surface area contributed by atoms with Crippen LogP contribution in [-0.2, 0) is 15.8 Å². The van der Waals surface area contributed by atoms with Gasteiger partial charge in [0.15, 0.2) is 5.78 Å². The van der Waals surface area contributed by atoms with E-state index in [9.17, 15) is 22.8 Å². The van der Waals surface area contributed by atoms with Crippen molar-refractivity contribution in [3.8, 4) is 0 Å². The van der Waals surface area contributed by atoms with Crippen LogP contribution in [0.2, 0.25) is 0 Å². The highest BCUT2D eigenvalue weighted by Crippen LogP contribution is 2.46. The molecule has 2 heterocycles. The lowest BCUT2D eigenvalue weighted by Crippen LogP contribution is -2.39. The van der Waals surface area contributed by atoms with Crippen LogP contribution >= 0.6 is 0 Å². The number of amides is 1. The van der Waals surface area contributed by atoms with Gasteiger partial charge in [-0.25, -0.2) is 0 Å². The van der Waals surface area contributed by atoms with Gasteiger partial charge in [0.25, 0.3) is 5.91 Å². The van der Waals surface area contributed by atoms with E-state index in [0.717, 1.165) is 11.8 Å². The predicted molar refractivity (Wildman–Crippen MR) is 118 cm³/mol.